The number of likely N-dealkylation sites (tertiary alicyclic amines) is 1. The molecule has 1 saturated heterocycles. The van der Waals surface area contributed by atoms with Crippen LogP contribution >= 0.6 is 0 Å². The van der Waals surface area contributed by atoms with Crippen LogP contribution in [0.15, 0.2) is 54.6 Å². The summed E-state index contributed by atoms with van der Waals surface area (Å²) in [6.07, 6.45) is 0.912. The van der Waals surface area contributed by atoms with E-state index in [0.717, 1.165) is 36.5 Å². The molecule has 2 aromatic rings. The molecule has 2 unspecified atom stereocenters. The molecule has 0 aliphatic carbocycles. The number of benzene rings is 2. The average Bonchev–Trinajstić information content (AvgIpc) is 3.12. The average molecular weight is 340 g/mol. The topological polar surface area (TPSA) is 61.8 Å². The summed E-state index contributed by atoms with van der Waals surface area (Å²) in [4.78, 5) is 15.2. The van der Waals surface area contributed by atoms with Crippen LogP contribution < -0.4 is 10.1 Å². The Kier molecular flexibility index (Phi) is 5.68. The molecule has 5 heteroatoms. The van der Waals surface area contributed by atoms with Crippen molar-refractivity contribution in [3.8, 4) is 5.75 Å². The Bertz CT molecular complexity index is 688. The number of anilines is 1. The third kappa shape index (κ3) is 4.18. The summed E-state index contributed by atoms with van der Waals surface area (Å²) in [6.45, 7) is 1.70. The first-order valence-corrected chi connectivity index (χ1v) is 8.56. The molecule has 0 aromatic heterocycles. The van der Waals surface area contributed by atoms with E-state index >= 15 is 0 Å². The summed E-state index contributed by atoms with van der Waals surface area (Å²) in [5.41, 5.74) is 1.71. The monoisotopic (exact) mass is 340 g/mol. The van der Waals surface area contributed by atoms with Crippen LogP contribution in [0.5, 0.6) is 5.75 Å². The van der Waals surface area contributed by atoms with Crippen LogP contribution in [0, 0.1) is 5.92 Å². The van der Waals surface area contributed by atoms with Crippen LogP contribution in [0.4, 0.5) is 5.69 Å². The van der Waals surface area contributed by atoms with Gasteiger partial charge in [0.2, 0.25) is 5.91 Å². The van der Waals surface area contributed by atoms with Crippen LogP contribution in [0.1, 0.15) is 18.0 Å². The van der Waals surface area contributed by atoms with Gasteiger partial charge in [-0.15, -0.1) is 0 Å². The largest absolute Gasteiger partial charge is 0.497 e. The third-order valence-electron chi connectivity index (χ3n) is 4.66. The number of hydrogen-bond acceptors (Lipinski definition) is 4. The fraction of sp³-hybridized carbons (Fsp3) is 0.350. The molecule has 0 saturated carbocycles. The highest BCUT2D eigenvalue weighted by atomic mass is 16.5. The molecule has 1 aliphatic rings. The zero-order valence-corrected chi connectivity index (χ0v) is 14.4. The molecule has 0 spiro atoms. The van der Waals surface area contributed by atoms with Crippen molar-refractivity contribution in [2.24, 2.45) is 5.92 Å². The Balaban J connectivity index is 1.79. The number of methoxy groups -OCH3 is 1. The molecule has 25 heavy (non-hydrogen) atoms. The minimum absolute atomic E-state index is 0.0602. The van der Waals surface area contributed by atoms with Gasteiger partial charge in [0, 0.05) is 18.8 Å². The van der Waals surface area contributed by atoms with Crippen molar-refractivity contribution >= 4 is 11.6 Å². The van der Waals surface area contributed by atoms with E-state index in [9.17, 15) is 9.90 Å². The van der Waals surface area contributed by atoms with Crippen molar-refractivity contribution in [3.05, 3.63) is 60.2 Å². The number of amides is 1. The number of nitrogens with one attached hydrogen (secondary N) is 1. The van der Waals surface area contributed by atoms with E-state index in [1.807, 2.05) is 54.6 Å². The fourth-order valence-electron chi connectivity index (χ4n) is 3.29. The molecule has 0 radical (unpaired) electrons. The van der Waals surface area contributed by atoms with Gasteiger partial charge in [-0.25, -0.2) is 0 Å². The zero-order chi connectivity index (χ0) is 17.6. The summed E-state index contributed by atoms with van der Waals surface area (Å²) < 4.78 is 5.15. The van der Waals surface area contributed by atoms with Crippen molar-refractivity contribution < 1.29 is 14.6 Å². The number of rotatable bonds is 6. The van der Waals surface area contributed by atoms with Gasteiger partial charge in [0.25, 0.3) is 0 Å². The molecule has 1 aliphatic heterocycles. The maximum absolute atomic E-state index is 13.0. The first-order valence-electron chi connectivity index (χ1n) is 8.56. The van der Waals surface area contributed by atoms with Crippen LogP contribution in [0.3, 0.4) is 0 Å². The van der Waals surface area contributed by atoms with Gasteiger partial charge >= 0.3 is 0 Å². The van der Waals surface area contributed by atoms with E-state index in [1.165, 1.54) is 0 Å². The highest BCUT2D eigenvalue weighted by Crippen LogP contribution is 2.29. The lowest BCUT2D eigenvalue weighted by Gasteiger charge is -2.27. The number of nitrogens with zero attached hydrogens (tertiary/aromatic N) is 1. The van der Waals surface area contributed by atoms with Crippen LogP contribution in [0.2, 0.25) is 0 Å². The van der Waals surface area contributed by atoms with E-state index in [2.05, 4.69) is 10.2 Å². The number of carbonyl (C=O) groups excluding carboxylic acids is 1. The van der Waals surface area contributed by atoms with Gasteiger partial charge in [0.1, 0.15) is 11.8 Å². The first kappa shape index (κ1) is 17.5. The molecule has 1 heterocycles. The standard InChI is InChI=1S/C20H24N2O3/c1-25-18-9-7-17(8-10-18)21-20(24)19(16-5-3-2-4-6-16)22-12-11-15(13-22)14-23/h2-10,15,19,23H,11-14H2,1H3,(H,21,24). The maximum Gasteiger partial charge on any atom is 0.246 e. The summed E-state index contributed by atoms with van der Waals surface area (Å²) in [5, 5.41) is 12.4. The number of carbonyl (C=O) groups is 1. The Hall–Kier alpha value is -2.37. The minimum Gasteiger partial charge on any atom is -0.497 e. The normalized spacial score (nSPS) is 18.7. The van der Waals surface area contributed by atoms with E-state index in [0.29, 0.717) is 0 Å². The highest BCUT2D eigenvalue weighted by Gasteiger charge is 2.33. The summed E-state index contributed by atoms with van der Waals surface area (Å²) in [7, 11) is 1.62. The highest BCUT2D eigenvalue weighted by molar-refractivity contribution is 5.95. The lowest BCUT2D eigenvalue weighted by Crippen LogP contribution is -2.36. The van der Waals surface area contributed by atoms with E-state index in [4.69, 9.17) is 4.74 Å². The second kappa shape index (κ2) is 8.14. The molecular weight excluding hydrogens is 316 g/mol. The van der Waals surface area contributed by atoms with Crippen molar-refractivity contribution in [2.75, 3.05) is 32.1 Å². The SMILES string of the molecule is COc1ccc(NC(=O)C(c2ccccc2)N2CCC(CO)C2)cc1. The quantitative estimate of drug-likeness (QED) is 0.849. The van der Waals surface area contributed by atoms with Crippen molar-refractivity contribution in [1.29, 1.82) is 0 Å². The number of aliphatic hydroxyl groups is 1. The molecule has 2 atom stereocenters. The van der Waals surface area contributed by atoms with Crippen LogP contribution in [-0.2, 0) is 4.79 Å². The molecule has 1 fully saturated rings. The van der Waals surface area contributed by atoms with Crippen molar-refractivity contribution in [3.63, 3.8) is 0 Å². The molecule has 3 rings (SSSR count). The third-order valence-corrected chi connectivity index (χ3v) is 4.66. The lowest BCUT2D eigenvalue weighted by molar-refractivity contribution is -0.121. The van der Waals surface area contributed by atoms with Gasteiger partial charge in [0.15, 0.2) is 0 Å². The Morgan fingerprint density at radius 3 is 2.56 bits per heavy atom. The van der Waals surface area contributed by atoms with Gasteiger partial charge in [-0.3, -0.25) is 9.69 Å². The Morgan fingerprint density at radius 2 is 1.96 bits per heavy atom. The second-order valence-electron chi connectivity index (χ2n) is 6.36. The summed E-state index contributed by atoms with van der Waals surface area (Å²) >= 11 is 0. The second-order valence-corrected chi connectivity index (χ2v) is 6.36. The van der Waals surface area contributed by atoms with E-state index < -0.39 is 0 Å². The van der Waals surface area contributed by atoms with Crippen LogP contribution in [0.25, 0.3) is 0 Å². The summed E-state index contributed by atoms with van der Waals surface area (Å²) in [6, 6.07) is 16.7. The predicted molar refractivity (Wildman–Crippen MR) is 97.6 cm³/mol. The number of ether oxygens (including phenoxy) is 1. The predicted octanol–water partition coefficient (Wildman–Crippen LogP) is 2.69. The van der Waals surface area contributed by atoms with Gasteiger partial charge in [-0.05, 0) is 48.7 Å². The number of hydrogen-bond donors (Lipinski definition) is 2. The lowest BCUT2D eigenvalue weighted by atomic mass is 10.0. The molecule has 2 N–H and O–H groups in total. The van der Waals surface area contributed by atoms with Gasteiger partial charge in [-0.2, -0.15) is 0 Å². The molecular formula is C20H24N2O3. The van der Waals surface area contributed by atoms with Gasteiger partial charge in [0.05, 0.1) is 7.11 Å². The van der Waals surface area contributed by atoms with Gasteiger partial charge < -0.3 is 15.2 Å². The minimum atomic E-state index is -0.361. The maximum atomic E-state index is 13.0. The van der Waals surface area contributed by atoms with Crippen LogP contribution in [-0.4, -0.2) is 42.7 Å². The first-order chi connectivity index (χ1) is 12.2. The Labute approximate surface area is 148 Å². The Morgan fingerprint density at radius 1 is 1.24 bits per heavy atom. The molecule has 5 nitrogen and oxygen atoms in total. The number of aliphatic hydroxyl groups excluding tert-OH is 1. The van der Waals surface area contributed by atoms with Crippen molar-refractivity contribution in [2.45, 2.75) is 12.5 Å². The van der Waals surface area contributed by atoms with Gasteiger partial charge in [-0.1, -0.05) is 30.3 Å². The summed E-state index contributed by atoms with van der Waals surface area (Å²) in [5.74, 6) is 0.929. The fourth-order valence-corrected chi connectivity index (χ4v) is 3.29. The van der Waals surface area contributed by atoms with E-state index in [1.54, 1.807) is 7.11 Å². The molecule has 2 aromatic carbocycles. The molecule has 132 valence electrons. The van der Waals surface area contributed by atoms with Crippen molar-refractivity contribution in [1.82, 2.24) is 4.90 Å². The molecule has 1 amide bonds. The molecule has 0 bridgehead atoms. The smallest absolute Gasteiger partial charge is 0.246 e. The van der Waals surface area contributed by atoms with E-state index in [-0.39, 0.29) is 24.5 Å². The zero-order valence-electron chi connectivity index (χ0n) is 14.4.